The number of ether oxygens (including phenoxy) is 1. The van der Waals surface area contributed by atoms with E-state index in [1.54, 1.807) is 19.2 Å². The highest BCUT2D eigenvalue weighted by Gasteiger charge is 2.42. The maximum absolute atomic E-state index is 9.61. The molecule has 1 heterocycles. The second-order valence-corrected chi connectivity index (χ2v) is 11.2. The summed E-state index contributed by atoms with van der Waals surface area (Å²) in [5, 5.41) is 15.7. The minimum absolute atomic E-state index is 0.243. The number of phenolic OH excluding ortho intramolecular Hbond substituents is 1. The van der Waals surface area contributed by atoms with Gasteiger partial charge in [0.1, 0.15) is 23.4 Å². The van der Waals surface area contributed by atoms with Crippen LogP contribution in [0.4, 0.5) is 5.69 Å². The van der Waals surface area contributed by atoms with Crippen molar-refractivity contribution < 1.29 is 9.84 Å². The molecule has 3 aromatic carbocycles. The molecular formula is C22H21N2O2PS. The molecule has 0 aliphatic carbocycles. The smallest absolute Gasteiger partial charge is 0.119 e. The van der Waals surface area contributed by atoms with E-state index in [9.17, 15) is 5.11 Å². The van der Waals surface area contributed by atoms with Crippen molar-refractivity contribution in [1.82, 2.24) is 0 Å². The minimum Gasteiger partial charge on any atom is -0.524 e. The fraction of sp³-hybridized carbons (Fsp3) is 0.136. The molecule has 1 N–H and O–H groups in total. The lowest BCUT2D eigenvalue weighted by Gasteiger charge is -2.35. The Morgan fingerprint density at radius 2 is 1.61 bits per heavy atom. The van der Waals surface area contributed by atoms with E-state index in [0.717, 1.165) is 28.0 Å². The maximum Gasteiger partial charge on any atom is 0.119 e. The number of aryl methyl sites for hydroxylation is 1. The third-order valence-corrected chi connectivity index (χ3v) is 9.08. The van der Waals surface area contributed by atoms with Crippen LogP contribution in [-0.4, -0.2) is 24.1 Å². The number of rotatable bonds is 4. The van der Waals surface area contributed by atoms with E-state index in [0.29, 0.717) is 6.16 Å². The van der Waals surface area contributed by atoms with E-state index in [1.807, 2.05) is 29.0 Å². The third kappa shape index (κ3) is 3.48. The Morgan fingerprint density at radius 1 is 0.964 bits per heavy atom. The Labute approximate surface area is 171 Å². The highest BCUT2D eigenvalue weighted by molar-refractivity contribution is 8.46. The monoisotopic (exact) mass is 408 g/mol. The standard InChI is InChI=1S/C22H21N2O2PS/c1-16-3-7-18(8-4-16)24-23-22(17-5-9-19(25)10-6-17)15-27(24,28)21-13-11-20(26-2)12-14-21/h3-14,25H,15H2,1-2H3. The lowest BCUT2D eigenvalue weighted by Crippen LogP contribution is -2.23. The average molecular weight is 408 g/mol. The molecule has 3 aromatic rings. The normalized spacial score (nSPS) is 18.8. The quantitative estimate of drug-likeness (QED) is 0.504. The number of methoxy groups -OCH3 is 1. The highest BCUT2D eigenvalue weighted by atomic mass is 32.7. The molecule has 0 amide bonds. The van der Waals surface area contributed by atoms with Gasteiger partial charge in [-0.25, -0.2) is 0 Å². The molecule has 0 aromatic heterocycles. The molecule has 0 saturated heterocycles. The van der Waals surface area contributed by atoms with Gasteiger partial charge in [0, 0.05) is 5.56 Å². The van der Waals surface area contributed by atoms with Gasteiger partial charge in [-0.05, 0) is 67.6 Å². The van der Waals surface area contributed by atoms with Gasteiger partial charge in [-0.1, -0.05) is 17.7 Å². The zero-order valence-electron chi connectivity index (χ0n) is 15.7. The lowest BCUT2D eigenvalue weighted by molar-refractivity contribution is 0.415. The fourth-order valence-corrected chi connectivity index (χ4v) is 6.91. The molecule has 1 atom stereocenters. The number of nitrogens with zero attached hydrogens (tertiary/aromatic N) is 2. The predicted molar refractivity (Wildman–Crippen MR) is 120 cm³/mol. The molecule has 0 spiro atoms. The summed E-state index contributed by atoms with van der Waals surface area (Å²) in [5.41, 5.74) is 4.12. The predicted octanol–water partition coefficient (Wildman–Crippen LogP) is 4.65. The minimum atomic E-state index is -2.19. The summed E-state index contributed by atoms with van der Waals surface area (Å²) in [6, 6.07) is 23.5. The van der Waals surface area contributed by atoms with Gasteiger partial charge in [-0.3, -0.25) is 0 Å². The van der Waals surface area contributed by atoms with Crippen LogP contribution in [0.2, 0.25) is 0 Å². The molecule has 0 radical (unpaired) electrons. The van der Waals surface area contributed by atoms with Crippen LogP contribution in [0.15, 0.2) is 77.9 Å². The van der Waals surface area contributed by atoms with Crippen molar-refractivity contribution in [2.75, 3.05) is 18.1 Å². The van der Waals surface area contributed by atoms with E-state index in [-0.39, 0.29) is 5.75 Å². The Kier molecular flexibility index (Phi) is 5.05. The summed E-state index contributed by atoms with van der Waals surface area (Å²) < 4.78 is 7.34. The Bertz CT molecular complexity index is 1000. The van der Waals surface area contributed by atoms with E-state index in [1.165, 1.54) is 5.56 Å². The first kappa shape index (κ1) is 18.9. The van der Waals surface area contributed by atoms with Crippen LogP contribution >= 0.6 is 6.62 Å². The van der Waals surface area contributed by atoms with Crippen LogP contribution in [0.5, 0.6) is 11.5 Å². The van der Waals surface area contributed by atoms with Crippen molar-refractivity contribution in [3.63, 3.8) is 0 Å². The number of benzene rings is 3. The summed E-state index contributed by atoms with van der Waals surface area (Å²) in [4.78, 5) is 0. The summed E-state index contributed by atoms with van der Waals surface area (Å²) in [7, 11) is 1.66. The average Bonchev–Trinajstić information content (AvgIpc) is 3.08. The molecule has 142 valence electrons. The fourth-order valence-electron chi connectivity index (χ4n) is 3.23. The van der Waals surface area contributed by atoms with Crippen molar-refractivity contribution in [3.8, 4) is 11.5 Å². The van der Waals surface area contributed by atoms with Crippen molar-refractivity contribution in [3.05, 3.63) is 83.9 Å². The van der Waals surface area contributed by atoms with E-state index in [2.05, 4.69) is 43.3 Å². The number of anilines is 1. The lowest BCUT2D eigenvalue weighted by atomic mass is 10.1. The second kappa shape index (κ2) is 7.50. The molecule has 1 aliphatic rings. The topological polar surface area (TPSA) is 45.1 Å². The maximum atomic E-state index is 9.61. The third-order valence-electron chi connectivity index (χ3n) is 4.83. The van der Waals surface area contributed by atoms with Crippen LogP contribution in [0.3, 0.4) is 0 Å². The molecule has 0 saturated carbocycles. The van der Waals surface area contributed by atoms with Gasteiger partial charge in [-0.2, -0.15) is 4.78 Å². The molecule has 4 rings (SSSR count). The van der Waals surface area contributed by atoms with Gasteiger partial charge in [0.2, 0.25) is 0 Å². The van der Waals surface area contributed by atoms with Crippen molar-refractivity contribution in [1.29, 1.82) is 0 Å². The molecule has 28 heavy (non-hydrogen) atoms. The molecule has 1 unspecified atom stereocenters. The van der Waals surface area contributed by atoms with Gasteiger partial charge >= 0.3 is 0 Å². The van der Waals surface area contributed by atoms with Crippen LogP contribution in [-0.2, 0) is 12.2 Å². The molecule has 0 fully saturated rings. The van der Waals surface area contributed by atoms with Crippen molar-refractivity contribution in [2.45, 2.75) is 6.92 Å². The van der Waals surface area contributed by atoms with Crippen LogP contribution < -0.4 is 14.8 Å². The van der Waals surface area contributed by atoms with Crippen molar-refractivity contribution >= 4 is 35.6 Å². The number of hydrogen-bond acceptors (Lipinski definition) is 5. The first-order valence-corrected chi connectivity index (χ1v) is 11.9. The van der Waals surface area contributed by atoms with Gasteiger partial charge in [0.25, 0.3) is 0 Å². The molecular weight excluding hydrogens is 387 g/mol. The first-order valence-electron chi connectivity index (χ1n) is 8.97. The highest BCUT2D eigenvalue weighted by Crippen LogP contribution is 2.64. The SMILES string of the molecule is COc1ccc([P+]2([S-])CC(c3ccc(O)cc3)=NN2c2ccc(C)cc2)cc1. The van der Waals surface area contributed by atoms with E-state index >= 15 is 0 Å². The summed E-state index contributed by atoms with van der Waals surface area (Å²) in [6.07, 6.45) is 0.688. The van der Waals surface area contributed by atoms with Crippen LogP contribution in [0, 0.1) is 6.92 Å². The largest absolute Gasteiger partial charge is 0.524 e. The van der Waals surface area contributed by atoms with Crippen LogP contribution in [0.1, 0.15) is 11.1 Å². The van der Waals surface area contributed by atoms with E-state index < -0.39 is 6.62 Å². The number of hydrazone groups is 1. The molecule has 1 aliphatic heterocycles. The number of aromatic hydroxyl groups is 1. The summed E-state index contributed by atoms with van der Waals surface area (Å²) >= 11 is 6.28. The van der Waals surface area contributed by atoms with Gasteiger partial charge in [0.05, 0.1) is 24.7 Å². The van der Waals surface area contributed by atoms with Gasteiger partial charge in [0.15, 0.2) is 0 Å². The van der Waals surface area contributed by atoms with Gasteiger partial charge < -0.3 is 22.1 Å². The molecule has 6 heteroatoms. The van der Waals surface area contributed by atoms with Crippen LogP contribution in [0.25, 0.3) is 0 Å². The Morgan fingerprint density at radius 3 is 2.21 bits per heavy atom. The van der Waals surface area contributed by atoms with Crippen molar-refractivity contribution in [2.24, 2.45) is 5.10 Å². The molecule has 0 bridgehead atoms. The van der Waals surface area contributed by atoms with Gasteiger partial charge in [-0.15, -0.1) is 5.10 Å². The second-order valence-electron chi connectivity index (χ2n) is 6.78. The van der Waals surface area contributed by atoms with E-state index in [4.69, 9.17) is 22.1 Å². The summed E-state index contributed by atoms with van der Waals surface area (Å²) in [5.74, 6) is 1.05. The first-order chi connectivity index (χ1) is 13.5. The summed E-state index contributed by atoms with van der Waals surface area (Å²) in [6.45, 7) is -0.121. The Balaban J connectivity index is 1.79. The molecule has 4 nitrogen and oxygen atoms in total. The Hall–Kier alpha value is -2.49. The number of phenols is 1. The number of hydrogen-bond donors (Lipinski definition) is 1. The zero-order chi connectivity index (χ0) is 19.7. The zero-order valence-corrected chi connectivity index (χ0v) is 17.5.